The van der Waals surface area contributed by atoms with Crippen LogP contribution < -0.4 is 5.56 Å². The third-order valence-electron chi connectivity index (χ3n) is 2.00. The number of hydrogen-bond donors (Lipinski definition) is 1. The summed E-state index contributed by atoms with van der Waals surface area (Å²) in [5.74, 6) is 0. The standard InChI is InChI=1S/C9H10N4OS/c1-12-4-2-7(11-12)6-13-5-3-8(14)10-9(13)15/h2-5H,6H2,1H3,(H,10,14,15). The summed E-state index contributed by atoms with van der Waals surface area (Å²) in [6.07, 6.45) is 3.53. The molecular formula is C9H10N4OS. The Hall–Kier alpha value is -1.69. The molecule has 0 saturated carbocycles. The molecule has 2 aromatic rings. The maximum atomic E-state index is 10.9. The molecular weight excluding hydrogens is 212 g/mol. The zero-order chi connectivity index (χ0) is 10.8. The van der Waals surface area contributed by atoms with Crippen molar-refractivity contribution in [2.24, 2.45) is 7.05 Å². The van der Waals surface area contributed by atoms with Crippen LogP contribution in [0.2, 0.25) is 0 Å². The SMILES string of the molecule is Cn1ccc(Cn2ccc(=O)[nH]c2=S)n1. The summed E-state index contributed by atoms with van der Waals surface area (Å²) in [7, 11) is 1.86. The van der Waals surface area contributed by atoms with Crippen molar-refractivity contribution in [3.05, 3.63) is 45.3 Å². The zero-order valence-electron chi connectivity index (χ0n) is 8.17. The molecule has 2 aromatic heterocycles. The Morgan fingerprint density at radius 2 is 2.27 bits per heavy atom. The second kappa shape index (κ2) is 3.82. The molecule has 0 aliphatic carbocycles. The van der Waals surface area contributed by atoms with Crippen LogP contribution >= 0.6 is 12.2 Å². The molecule has 5 nitrogen and oxygen atoms in total. The molecule has 0 aromatic carbocycles. The first-order valence-corrected chi connectivity index (χ1v) is 4.84. The third-order valence-corrected chi connectivity index (χ3v) is 2.33. The lowest BCUT2D eigenvalue weighted by Crippen LogP contribution is -2.12. The van der Waals surface area contributed by atoms with Crippen molar-refractivity contribution in [3.63, 3.8) is 0 Å². The van der Waals surface area contributed by atoms with E-state index in [1.807, 2.05) is 19.3 Å². The lowest BCUT2D eigenvalue weighted by Gasteiger charge is -2.02. The number of aromatic amines is 1. The van der Waals surface area contributed by atoms with E-state index in [0.29, 0.717) is 11.3 Å². The van der Waals surface area contributed by atoms with Crippen molar-refractivity contribution in [2.75, 3.05) is 0 Å². The molecule has 0 aliphatic heterocycles. The van der Waals surface area contributed by atoms with Gasteiger partial charge in [0, 0.05) is 25.5 Å². The largest absolute Gasteiger partial charge is 0.319 e. The minimum Gasteiger partial charge on any atom is -0.319 e. The van der Waals surface area contributed by atoms with Crippen molar-refractivity contribution in [3.8, 4) is 0 Å². The highest BCUT2D eigenvalue weighted by atomic mass is 32.1. The molecule has 0 fully saturated rings. The van der Waals surface area contributed by atoms with Crippen LogP contribution in [0.5, 0.6) is 0 Å². The molecule has 0 atom stereocenters. The summed E-state index contributed by atoms with van der Waals surface area (Å²) in [5.41, 5.74) is 0.720. The van der Waals surface area contributed by atoms with Crippen LogP contribution in [0.15, 0.2) is 29.3 Å². The predicted molar refractivity (Wildman–Crippen MR) is 58.2 cm³/mol. The smallest absolute Gasteiger partial charge is 0.251 e. The predicted octanol–water partition coefficient (Wildman–Crippen LogP) is 0.688. The minimum absolute atomic E-state index is 0.183. The van der Waals surface area contributed by atoms with Crippen LogP contribution in [0.4, 0.5) is 0 Å². The van der Waals surface area contributed by atoms with Gasteiger partial charge in [-0.2, -0.15) is 5.10 Å². The second-order valence-electron chi connectivity index (χ2n) is 3.22. The van der Waals surface area contributed by atoms with Crippen LogP contribution in [0.1, 0.15) is 5.69 Å². The number of rotatable bonds is 2. The summed E-state index contributed by atoms with van der Waals surface area (Å²) >= 11 is 5.02. The van der Waals surface area contributed by atoms with Gasteiger partial charge < -0.3 is 4.57 Å². The lowest BCUT2D eigenvalue weighted by atomic mass is 10.4. The van der Waals surface area contributed by atoms with E-state index in [1.54, 1.807) is 15.4 Å². The molecule has 0 unspecified atom stereocenters. The number of hydrogen-bond acceptors (Lipinski definition) is 3. The molecule has 0 radical (unpaired) electrons. The van der Waals surface area contributed by atoms with E-state index in [9.17, 15) is 4.79 Å². The summed E-state index contributed by atoms with van der Waals surface area (Å²) < 4.78 is 3.90. The molecule has 0 saturated heterocycles. The van der Waals surface area contributed by atoms with Crippen molar-refractivity contribution in [1.82, 2.24) is 19.3 Å². The number of aryl methyl sites for hydroxylation is 1. The van der Waals surface area contributed by atoms with Crippen LogP contribution in [-0.4, -0.2) is 19.3 Å². The van der Waals surface area contributed by atoms with Gasteiger partial charge in [-0.3, -0.25) is 14.5 Å². The fourth-order valence-electron chi connectivity index (χ4n) is 1.29. The Balaban J connectivity index is 2.32. The van der Waals surface area contributed by atoms with E-state index < -0.39 is 0 Å². The van der Waals surface area contributed by atoms with E-state index >= 15 is 0 Å². The maximum Gasteiger partial charge on any atom is 0.251 e. The van der Waals surface area contributed by atoms with E-state index in [0.717, 1.165) is 5.69 Å². The van der Waals surface area contributed by atoms with Crippen molar-refractivity contribution in [2.45, 2.75) is 6.54 Å². The van der Waals surface area contributed by atoms with Crippen LogP contribution in [-0.2, 0) is 13.6 Å². The second-order valence-corrected chi connectivity index (χ2v) is 3.61. The fraction of sp³-hybridized carbons (Fsp3) is 0.222. The molecule has 2 heterocycles. The summed E-state index contributed by atoms with van der Waals surface area (Å²) in [5, 5.41) is 4.23. The van der Waals surface area contributed by atoms with Gasteiger partial charge in [-0.05, 0) is 18.3 Å². The minimum atomic E-state index is -0.183. The number of nitrogens with zero attached hydrogens (tertiary/aromatic N) is 3. The Labute approximate surface area is 91.0 Å². The summed E-state index contributed by atoms with van der Waals surface area (Å²) in [6.45, 7) is 0.566. The molecule has 15 heavy (non-hydrogen) atoms. The van der Waals surface area contributed by atoms with Gasteiger partial charge in [-0.25, -0.2) is 0 Å². The fourth-order valence-corrected chi connectivity index (χ4v) is 1.52. The number of H-pyrrole nitrogens is 1. The molecule has 78 valence electrons. The summed E-state index contributed by atoms with van der Waals surface area (Å²) in [6, 6.07) is 3.35. The van der Waals surface area contributed by atoms with Gasteiger partial charge in [-0.15, -0.1) is 0 Å². The van der Waals surface area contributed by atoms with E-state index in [1.165, 1.54) is 6.07 Å². The number of nitrogens with one attached hydrogen (secondary N) is 1. The molecule has 0 amide bonds. The van der Waals surface area contributed by atoms with Gasteiger partial charge in [0.05, 0.1) is 12.2 Å². The van der Waals surface area contributed by atoms with Crippen LogP contribution in [0.3, 0.4) is 0 Å². The van der Waals surface area contributed by atoms with Gasteiger partial charge in [0.15, 0.2) is 4.77 Å². The normalized spacial score (nSPS) is 10.5. The average Bonchev–Trinajstić information content (AvgIpc) is 2.56. The molecule has 2 rings (SSSR count). The topological polar surface area (TPSA) is 55.6 Å². The molecule has 1 N–H and O–H groups in total. The molecule has 0 spiro atoms. The van der Waals surface area contributed by atoms with Gasteiger partial charge in [-0.1, -0.05) is 0 Å². The number of aromatic nitrogens is 4. The Morgan fingerprint density at radius 3 is 2.87 bits per heavy atom. The quantitative estimate of drug-likeness (QED) is 0.760. The van der Waals surface area contributed by atoms with Crippen LogP contribution in [0, 0.1) is 4.77 Å². The van der Waals surface area contributed by atoms with Crippen molar-refractivity contribution in [1.29, 1.82) is 0 Å². The van der Waals surface area contributed by atoms with Crippen molar-refractivity contribution < 1.29 is 0 Å². The first kappa shape index (κ1) is 9.85. The molecule has 0 aliphatic rings. The van der Waals surface area contributed by atoms with E-state index in [2.05, 4.69) is 10.1 Å². The highest BCUT2D eigenvalue weighted by molar-refractivity contribution is 7.71. The van der Waals surface area contributed by atoms with Gasteiger partial charge in [0.1, 0.15) is 0 Å². The Morgan fingerprint density at radius 1 is 1.47 bits per heavy atom. The van der Waals surface area contributed by atoms with E-state index in [-0.39, 0.29) is 5.56 Å². The monoisotopic (exact) mass is 222 g/mol. The van der Waals surface area contributed by atoms with Crippen molar-refractivity contribution >= 4 is 12.2 Å². The lowest BCUT2D eigenvalue weighted by molar-refractivity contribution is 0.687. The molecule has 0 bridgehead atoms. The van der Waals surface area contributed by atoms with Gasteiger partial charge in [0.25, 0.3) is 5.56 Å². The highest BCUT2D eigenvalue weighted by Gasteiger charge is 1.98. The van der Waals surface area contributed by atoms with E-state index in [4.69, 9.17) is 12.2 Å². The maximum absolute atomic E-state index is 10.9. The Kier molecular flexibility index (Phi) is 2.51. The van der Waals surface area contributed by atoms with Crippen LogP contribution in [0.25, 0.3) is 0 Å². The first-order valence-electron chi connectivity index (χ1n) is 4.43. The summed E-state index contributed by atoms with van der Waals surface area (Å²) in [4.78, 5) is 13.5. The third kappa shape index (κ3) is 2.21. The van der Waals surface area contributed by atoms with Gasteiger partial charge >= 0.3 is 0 Å². The molecule has 6 heteroatoms. The first-order chi connectivity index (χ1) is 7.15. The zero-order valence-corrected chi connectivity index (χ0v) is 8.99. The Bertz CT molecular complexity index is 580. The van der Waals surface area contributed by atoms with Gasteiger partial charge in [0.2, 0.25) is 0 Å². The highest BCUT2D eigenvalue weighted by Crippen LogP contribution is 1.98. The average molecular weight is 222 g/mol.